The van der Waals surface area contributed by atoms with Crippen molar-refractivity contribution in [1.82, 2.24) is 4.98 Å². The minimum absolute atomic E-state index is 0.124. The molecule has 0 aliphatic heterocycles. The molecule has 1 heterocycles. The van der Waals surface area contributed by atoms with E-state index in [1.807, 2.05) is 24.3 Å². The highest BCUT2D eigenvalue weighted by Crippen LogP contribution is 2.36. The van der Waals surface area contributed by atoms with Crippen molar-refractivity contribution in [3.8, 4) is 0 Å². The number of para-hydroxylation sites is 1. The number of benzene rings is 2. The number of hydrogen-bond donors (Lipinski definition) is 1. The first-order valence-electron chi connectivity index (χ1n) is 9.06. The van der Waals surface area contributed by atoms with E-state index in [4.69, 9.17) is 15.8 Å². The molecule has 2 aromatic carbocycles. The van der Waals surface area contributed by atoms with Gasteiger partial charge in [-0.05, 0) is 47.9 Å². The first-order chi connectivity index (χ1) is 13.4. The Balaban J connectivity index is 1.93. The van der Waals surface area contributed by atoms with Gasteiger partial charge in [0, 0.05) is 33.8 Å². The van der Waals surface area contributed by atoms with Gasteiger partial charge in [0.15, 0.2) is 0 Å². The van der Waals surface area contributed by atoms with Crippen LogP contribution in [0.4, 0.5) is 0 Å². The zero-order valence-corrected chi connectivity index (χ0v) is 18.3. The Morgan fingerprint density at radius 2 is 1.93 bits per heavy atom. The predicted molar refractivity (Wildman–Crippen MR) is 119 cm³/mol. The average molecular weight is 438 g/mol. The molecular formula is C21H24ClNO3S2. The average Bonchev–Trinajstić information content (AvgIpc) is 3.07. The third kappa shape index (κ3) is 5.32. The third-order valence-corrected chi connectivity index (χ3v) is 6.16. The van der Waals surface area contributed by atoms with E-state index in [9.17, 15) is 8.42 Å². The Hall–Kier alpha value is -1.47. The van der Waals surface area contributed by atoms with E-state index in [1.54, 1.807) is 11.8 Å². The summed E-state index contributed by atoms with van der Waals surface area (Å²) >= 11 is 7.87. The normalized spacial score (nSPS) is 13.1. The van der Waals surface area contributed by atoms with Crippen molar-refractivity contribution in [1.29, 1.82) is 0 Å². The van der Waals surface area contributed by atoms with Crippen molar-refractivity contribution in [2.24, 2.45) is 0 Å². The molecule has 0 bridgehead atoms. The summed E-state index contributed by atoms with van der Waals surface area (Å²) in [5.74, 6) is 1.07. The molecule has 0 amide bonds. The standard InChI is InChI=1S/C21H24ClNO3S2/c1-27-14-16-5-3-6-19-20(13-23-21(16)19)18(7-4-12-26-28(2,24)25)15-8-10-17(22)11-9-15/h3,5-6,8-11,13,18,23H,4,7,12,14H2,1-2H3. The maximum atomic E-state index is 11.2. The van der Waals surface area contributed by atoms with Gasteiger partial charge in [-0.1, -0.05) is 41.9 Å². The van der Waals surface area contributed by atoms with E-state index in [-0.39, 0.29) is 12.5 Å². The second-order valence-electron chi connectivity index (χ2n) is 6.79. The van der Waals surface area contributed by atoms with Crippen LogP contribution in [0.15, 0.2) is 48.7 Å². The van der Waals surface area contributed by atoms with Gasteiger partial charge in [-0.3, -0.25) is 4.18 Å². The lowest BCUT2D eigenvalue weighted by atomic mass is 9.87. The van der Waals surface area contributed by atoms with Crippen LogP contribution in [0, 0.1) is 0 Å². The molecule has 0 saturated carbocycles. The van der Waals surface area contributed by atoms with Crippen LogP contribution in [0.3, 0.4) is 0 Å². The molecule has 3 aromatic rings. The van der Waals surface area contributed by atoms with E-state index >= 15 is 0 Å². The molecule has 0 aliphatic carbocycles. The molecule has 4 nitrogen and oxygen atoms in total. The number of aromatic amines is 1. The second kappa shape index (κ2) is 9.35. The topological polar surface area (TPSA) is 59.2 Å². The van der Waals surface area contributed by atoms with E-state index in [0.717, 1.165) is 29.5 Å². The van der Waals surface area contributed by atoms with E-state index in [1.165, 1.54) is 16.5 Å². The van der Waals surface area contributed by atoms with Gasteiger partial charge in [-0.2, -0.15) is 20.2 Å². The summed E-state index contributed by atoms with van der Waals surface area (Å²) < 4.78 is 27.4. The first-order valence-corrected chi connectivity index (χ1v) is 12.7. The van der Waals surface area contributed by atoms with Crippen molar-refractivity contribution in [2.75, 3.05) is 19.1 Å². The highest BCUT2D eigenvalue weighted by molar-refractivity contribution is 7.97. The zero-order valence-electron chi connectivity index (χ0n) is 15.9. The minimum Gasteiger partial charge on any atom is -0.361 e. The highest BCUT2D eigenvalue weighted by atomic mass is 35.5. The lowest BCUT2D eigenvalue weighted by Crippen LogP contribution is -2.07. The summed E-state index contributed by atoms with van der Waals surface area (Å²) in [5.41, 5.74) is 4.81. The van der Waals surface area contributed by atoms with Crippen LogP contribution in [0.1, 0.15) is 35.4 Å². The molecule has 28 heavy (non-hydrogen) atoms. The summed E-state index contributed by atoms with van der Waals surface area (Å²) in [7, 11) is -3.42. The molecule has 0 aliphatic rings. The van der Waals surface area contributed by atoms with Gasteiger partial charge in [0.2, 0.25) is 0 Å². The highest BCUT2D eigenvalue weighted by Gasteiger charge is 2.19. The Bertz CT molecular complexity index is 1030. The summed E-state index contributed by atoms with van der Waals surface area (Å²) in [6.45, 7) is 0.184. The van der Waals surface area contributed by atoms with Gasteiger partial charge >= 0.3 is 0 Å². The van der Waals surface area contributed by atoms with E-state index in [2.05, 4.69) is 35.6 Å². The number of rotatable bonds is 9. The Morgan fingerprint density at radius 3 is 2.61 bits per heavy atom. The number of halogens is 1. The third-order valence-electron chi connectivity index (χ3n) is 4.72. The number of H-pyrrole nitrogens is 1. The molecule has 7 heteroatoms. The Labute approximate surface area is 175 Å². The van der Waals surface area contributed by atoms with Gasteiger partial charge in [0.1, 0.15) is 0 Å². The number of nitrogens with one attached hydrogen (secondary N) is 1. The Morgan fingerprint density at radius 1 is 1.18 bits per heavy atom. The molecular weight excluding hydrogens is 414 g/mol. The quantitative estimate of drug-likeness (QED) is 0.351. The lowest BCUT2D eigenvalue weighted by Gasteiger charge is -2.17. The predicted octanol–water partition coefficient (Wildman–Crippen LogP) is 5.57. The molecule has 1 unspecified atom stereocenters. The fourth-order valence-electron chi connectivity index (χ4n) is 3.50. The summed E-state index contributed by atoms with van der Waals surface area (Å²) in [6, 6.07) is 14.2. The molecule has 1 atom stereocenters. The minimum atomic E-state index is -3.42. The molecule has 0 spiro atoms. The monoisotopic (exact) mass is 437 g/mol. The largest absolute Gasteiger partial charge is 0.361 e. The van der Waals surface area contributed by atoms with Crippen LogP contribution in [-0.4, -0.2) is 32.5 Å². The molecule has 3 rings (SSSR count). The number of hydrogen-bond acceptors (Lipinski definition) is 4. The zero-order chi connectivity index (χ0) is 20.1. The van der Waals surface area contributed by atoms with Gasteiger partial charge in [0.25, 0.3) is 10.1 Å². The molecule has 150 valence electrons. The van der Waals surface area contributed by atoms with Crippen LogP contribution in [0.5, 0.6) is 0 Å². The maximum absolute atomic E-state index is 11.2. The van der Waals surface area contributed by atoms with Crippen LogP contribution < -0.4 is 0 Å². The van der Waals surface area contributed by atoms with Crippen molar-refractivity contribution < 1.29 is 12.6 Å². The number of aromatic nitrogens is 1. The molecule has 0 radical (unpaired) electrons. The summed E-state index contributed by atoms with van der Waals surface area (Å²) in [6.07, 6.45) is 6.66. The lowest BCUT2D eigenvalue weighted by molar-refractivity contribution is 0.309. The number of thioether (sulfide) groups is 1. The number of fused-ring (bicyclic) bond motifs is 1. The fraction of sp³-hybridized carbons (Fsp3) is 0.333. The van der Waals surface area contributed by atoms with Crippen LogP contribution in [0.2, 0.25) is 5.02 Å². The Kier molecular flexibility index (Phi) is 7.10. The second-order valence-corrected chi connectivity index (χ2v) is 9.74. The van der Waals surface area contributed by atoms with E-state index < -0.39 is 10.1 Å². The van der Waals surface area contributed by atoms with Crippen LogP contribution >= 0.6 is 23.4 Å². The SMILES string of the molecule is CSCc1cccc2c(C(CCCOS(C)(=O)=O)c3ccc(Cl)cc3)c[nH]c12. The summed E-state index contributed by atoms with van der Waals surface area (Å²) in [4.78, 5) is 3.45. The molecule has 0 saturated heterocycles. The van der Waals surface area contributed by atoms with Gasteiger partial charge in [0.05, 0.1) is 12.9 Å². The first kappa shape index (κ1) is 21.2. The maximum Gasteiger partial charge on any atom is 0.264 e. The summed E-state index contributed by atoms with van der Waals surface area (Å²) in [5, 5.41) is 1.90. The van der Waals surface area contributed by atoms with Gasteiger partial charge in [-0.15, -0.1) is 0 Å². The van der Waals surface area contributed by atoms with Crippen LogP contribution in [-0.2, 0) is 20.1 Å². The van der Waals surface area contributed by atoms with Crippen molar-refractivity contribution in [2.45, 2.75) is 24.5 Å². The fourth-order valence-corrected chi connectivity index (χ4v) is 4.60. The van der Waals surface area contributed by atoms with Crippen LogP contribution in [0.25, 0.3) is 10.9 Å². The van der Waals surface area contributed by atoms with Gasteiger partial charge in [-0.25, -0.2) is 0 Å². The molecule has 0 fully saturated rings. The van der Waals surface area contributed by atoms with Crippen molar-refractivity contribution in [3.63, 3.8) is 0 Å². The molecule has 1 aromatic heterocycles. The smallest absolute Gasteiger partial charge is 0.264 e. The van der Waals surface area contributed by atoms with E-state index in [0.29, 0.717) is 11.4 Å². The van der Waals surface area contributed by atoms with Gasteiger partial charge < -0.3 is 4.98 Å². The molecule has 1 N–H and O–H groups in total. The van der Waals surface area contributed by atoms with Crippen molar-refractivity contribution in [3.05, 3.63) is 70.4 Å². The van der Waals surface area contributed by atoms with Crippen molar-refractivity contribution >= 4 is 44.4 Å².